The number of imidazole rings is 1. The molecule has 0 aliphatic carbocycles. The van der Waals surface area contributed by atoms with E-state index in [1.807, 2.05) is 26.5 Å². The summed E-state index contributed by atoms with van der Waals surface area (Å²) < 4.78 is 7.62. The van der Waals surface area contributed by atoms with Crippen LogP contribution in [-0.4, -0.2) is 70.9 Å². The van der Waals surface area contributed by atoms with Crippen molar-refractivity contribution < 1.29 is 4.74 Å². The van der Waals surface area contributed by atoms with Crippen LogP contribution in [0.15, 0.2) is 18.5 Å². The van der Waals surface area contributed by atoms with E-state index in [9.17, 15) is 0 Å². The van der Waals surface area contributed by atoms with Crippen molar-refractivity contribution in [2.45, 2.75) is 18.9 Å². The van der Waals surface area contributed by atoms with Gasteiger partial charge in [0, 0.05) is 71.3 Å². The molecule has 0 unspecified atom stereocenters. The maximum absolute atomic E-state index is 5.53. The molecular weight excluding hydrogens is 330 g/mol. The molecule has 0 saturated carbocycles. The zero-order valence-corrected chi connectivity index (χ0v) is 15.6. The number of rotatable bonds is 5. The number of anilines is 2. The third-order valence-corrected chi connectivity index (χ3v) is 5.29. The van der Waals surface area contributed by atoms with Gasteiger partial charge in [-0.15, -0.1) is 0 Å². The van der Waals surface area contributed by atoms with E-state index >= 15 is 0 Å². The molecule has 140 valence electrons. The van der Waals surface area contributed by atoms with Gasteiger partial charge in [-0.25, -0.2) is 9.97 Å². The van der Waals surface area contributed by atoms with Crippen molar-refractivity contribution in [2.24, 2.45) is 7.05 Å². The Bertz CT molecular complexity index is 733. The first-order valence-electron chi connectivity index (χ1n) is 9.31. The van der Waals surface area contributed by atoms with Crippen LogP contribution in [-0.2, 0) is 18.3 Å². The van der Waals surface area contributed by atoms with E-state index in [4.69, 9.17) is 4.74 Å². The summed E-state index contributed by atoms with van der Waals surface area (Å²) in [6, 6.07) is 2.15. The van der Waals surface area contributed by atoms with Gasteiger partial charge < -0.3 is 19.5 Å². The quantitative estimate of drug-likeness (QED) is 0.858. The number of ether oxygens (including phenoxy) is 1. The molecule has 2 aromatic rings. The Morgan fingerprint density at radius 2 is 2.08 bits per heavy atom. The zero-order chi connectivity index (χ0) is 17.9. The smallest absolute Gasteiger partial charge is 0.224 e. The van der Waals surface area contributed by atoms with E-state index in [1.54, 1.807) is 0 Å². The molecule has 2 aliphatic rings. The van der Waals surface area contributed by atoms with Crippen LogP contribution in [0.4, 0.5) is 11.8 Å². The summed E-state index contributed by atoms with van der Waals surface area (Å²) >= 11 is 0. The minimum Gasteiger partial charge on any atom is -0.381 e. The Hall–Kier alpha value is -2.19. The molecule has 2 saturated heterocycles. The molecule has 4 heterocycles. The van der Waals surface area contributed by atoms with Crippen LogP contribution in [0.25, 0.3) is 0 Å². The summed E-state index contributed by atoms with van der Waals surface area (Å²) in [6.07, 6.45) is 4.90. The van der Waals surface area contributed by atoms with E-state index in [0.29, 0.717) is 11.9 Å². The SMILES string of the molecule is CNc1nc([C@@H]2CCOC2)cc(N2CCN(Cc3nccn3C)CC2)n1. The van der Waals surface area contributed by atoms with Crippen molar-refractivity contribution in [1.29, 1.82) is 0 Å². The molecule has 0 aromatic carbocycles. The van der Waals surface area contributed by atoms with E-state index in [2.05, 4.69) is 40.7 Å². The van der Waals surface area contributed by atoms with E-state index in [-0.39, 0.29) is 0 Å². The lowest BCUT2D eigenvalue weighted by Crippen LogP contribution is -2.46. The van der Waals surface area contributed by atoms with Crippen molar-refractivity contribution in [2.75, 3.05) is 56.7 Å². The van der Waals surface area contributed by atoms with Crippen molar-refractivity contribution in [1.82, 2.24) is 24.4 Å². The van der Waals surface area contributed by atoms with E-state index in [1.165, 1.54) is 0 Å². The number of piperazine rings is 1. The topological polar surface area (TPSA) is 71.3 Å². The normalized spacial score (nSPS) is 21.3. The first-order chi connectivity index (χ1) is 12.7. The summed E-state index contributed by atoms with van der Waals surface area (Å²) in [5.41, 5.74) is 1.09. The van der Waals surface area contributed by atoms with Gasteiger partial charge in [-0.1, -0.05) is 0 Å². The minimum atomic E-state index is 0.383. The van der Waals surface area contributed by atoms with Gasteiger partial charge in [-0.05, 0) is 6.42 Å². The fourth-order valence-electron chi connectivity index (χ4n) is 3.59. The standard InChI is InChI=1S/C18H27N7O/c1-19-18-21-15(14-3-10-26-13-14)11-16(22-18)25-8-6-24(7-9-25)12-17-20-4-5-23(17)2/h4-5,11,14H,3,6-10,12-13H2,1-2H3,(H,19,21,22)/t14-/m1/s1. The number of hydrogen-bond donors (Lipinski definition) is 1. The van der Waals surface area contributed by atoms with Crippen molar-refractivity contribution >= 4 is 11.8 Å². The number of aromatic nitrogens is 4. The lowest BCUT2D eigenvalue weighted by molar-refractivity contribution is 0.193. The Balaban J connectivity index is 1.43. The molecular formula is C18H27N7O. The summed E-state index contributed by atoms with van der Waals surface area (Å²) in [5, 5.41) is 3.10. The van der Waals surface area contributed by atoms with Crippen LogP contribution < -0.4 is 10.2 Å². The lowest BCUT2D eigenvalue weighted by Gasteiger charge is -2.35. The van der Waals surface area contributed by atoms with Crippen LogP contribution >= 0.6 is 0 Å². The molecule has 1 atom stereocenters. The summed E-state index contributed by atoms with van der Waals surface area (Å²) in [5.74, 6) is 3.21. The maximum Gasteiger partial charge on any atom is 0.224 e. The third-order valence-electron chi connectivity index (χ3n) is 5.29. The number of aryl methyl sites for hydroxylation is 1. The molecule has 0 radical (unpaired) electrons. The Morgan fingerprint density at radius 3 is 2.73 bits per heavy atom. The molecule has 8 nitrogen and oxygen atoms in total. The Kier molecular flexibility index (Phi) is 5.03. The Labute approximate surface area is 154 Å². The highest BCUT2D eigenvalue weighted by molar-refractivity contribution is 5.46. The number of nitrogens with zero attached hydrogens (tertiary/aromatic N) is 6. The van der Waals surface area contributed by atoms with Gasteiger partial charge in [0.25, 0.3) is 0 Å². The molecule has 0 amide bonds. The first-order valence-corrected chi connectivity index (χ1v) is 9.31. The zero-order valence-electron chi connectivity index (χ0n) is 15.6. The summed E-state index contributed by atoms with van der Waals surface area (Å²) in [7, 11) is 3.92. The van der Waals surface area contributed by atoms with Gasteiger partial charge in [0.2, 0.25) is 5.95 Å². The van der Waals surface area contributed by atoms with Crippen molar-refractivity contribution in [3.05, 3.63) is 30.0 Å². The molecule has 2 aromatic heterocycles. The van der Waals surface area contributed by atoms with Gasteiger partial charge in [0.05, 0.1) is 18.8 Å². The lowest BCUT2D eigenvalue weighted by atomic mass is 10.0. The summed E-state index contributed by atoms with van der Waals surface area (Å²) in [4.78, 5) is 18.6. The molecule has 0 bridgehead atoms. The van der Waals surface area contributed by atoms with Crippen molar-refractivity contribution in [3.8, 4) is 0 Å². The van der Waals surface area contributed by atoms with E-state index in [0.717, 1.165) is 69.7 Å². The van der Waals surface area contributed by atoms with Crippen LogP contribution in [0.2, 0.25) is 0 Å². The van der Waals surface area contributed by atoms with E-state index < -0.39 is 0 Å². The maximum atomic E-state index is 5.53. The highest BCUT2D eigenvalue weighted by atomic mass is 16.5. The largest absolute Gasteiger partial charge is 0.381 e. The number of hydrogen-bond acceptors (Lipinski definition) is 7. The van der Waals surface area contributed by atoms with Gasteiger partial charge in [0.1, 0.15) is 11.6 Å². The van der Waals surface area contributed by atoms with Gasteiger partial charge in [-0.2, -0.15) is 4.98 Å². The van der Waals surface area contributed by atoms with Gasteiger partial charge >= 0.3 is 0 Å². The van der Waals surface area contributed by atoms with Crippen LogP contribution in [0.1, 0.15) is 23.9 Å². The fourth-order valence-corrected chi connectivity index (χ4v) is 3.59. The van der Waals surface area contributed by atoms with Gasteiger partial charge in [-0.3, -0.25) is 4.90 Å². The number of nitrogens with one attached hydrogen (secondary N) is 1. The minimum absolute atomic E-state index is 0.383. The molecule has 0 spiro atoms. The molecule has 8 heteroatoms. The molecule has 4 rings (SSSR count). The molecule has 2 fully saturated rings. The average Bonchev–Trinajstić information content (AvgIpc) is 3.34. The predicted octanol–water partition coefficient (Wildman–Crippen LogP) is 1.08. The second-order valence-electron chi connectivity index (χ2n) is 7.00. The first kappa shape index (κ1) is 17.2. The highest BCUT2D eigenvalue weighted by Crippen LogP contribution is 2.27. The van der Waals surface area contributed by atoms with Crippen LogP contribution in [0, 0.1) is 0 Å². The second-order valence-corrected chi connectivity index (χ2v) is 7.00. The van der Waals surface area contributed by atoms with Crippen LogP contribution in [0.3, 0.4) is 0 Å². The predicted molar refractivity (Wildman–Crippen MR) is 100 cm³/mol. The third kappa shape index (κ3) is 3.66. The monoisotopic (exact) mass is 357 g/mol. The second kappa shape index (κ2) is 7.59. The Morgan fingerprint density at radius 1 is 1.23 bits per heavy atom. The van der Waals surface area contributed by atoms with Gasteiger partial charge in [0.15, 0.2) is 0 Å². The van der Waals surface area contributed by atoms with Crippen LogP contribution in [0.5, 0.6) is 0 Å². The highest BCUT2D eigenvalue weighted by Gasteiger charge is 2.24. The summed E-state index contributed by atoms with van der Waals surface area (Å²) in [6.45, 7) is 6.42. The average molecular weight is 357 g/mol. The molecule has 1 N–H and O–H groups in total. The molecule has 26 heavy (non-hydrogen) atoms. The van der Waals surface area contributed by atoms with Crippen molar-refractivity contribution in [3.63, 3.8) is 0 Å². The fraction of sp³-hybridized carbons (Fsp3) is 0.611. The molecule has 2 aliphatic heterocycles.